The Balaban J connectivity index is 2.10. The van der Waals surface area contributed by atoms with Crippen molar-refractivity contribution in [3.63, 3.8) is 0 Å². The molecule has 3 nitrogen and oxygen atoms in total. The Bertz CT molecular complexity index is 439. The molecule has 16 heavy (non-hydrogen) atoms. The van der Waals surface area contributed by atoms with Crippen LogP contribution >= 0.6 is 0 Å². The number of ether oxygens (including phenoxy) is 2. The highest BCUT2D eigenvalue weighted by atomic mass is 16.5. The lowest BCUT2D eigenvalue weighted by Crippen LogP contribution is -2.23. The fourth-order valence-electron chi connectivity index (χ4n) is 2.72. The van der Waals surface area contributed by atoms with Crippen LogP contribution in [0.4, 0.5) is 0 Å². The van der Waals surface area contributed by atoms with E-state index in [1.54, 1.807) is 7.11 Å². The van der Waals surface area contributed by atoms with Crippen molar-refractivity contribution in [1.29, 1.82) is 0 Å². The van der Waals surface area contributed by atoms with Gasteiger partial charge in [-0.1, -0.05) is 0 Å². The Labute approximate surface area is 94.4 Å². The van der Waals surface area contributed by atoms with E-state index in [0.717, 1.165) is 23.5 Å². The van der Waals surface area contributed by atoms with Crippen LogP contribution in [0.15, 0.2) is 18.2 Å². The molecule has 1 aromatic carbocycles. The molecule has 1 saturated heterocycles. The summed E-state index contributed by atoms with van der Waals surface area (Å²) in [6.45, 7) is 1.45. The molecule has 3 rings (SSSR count). The van der Waals surface area contributed by atoms with Gasteiger partial charge < -0.3 is 9.47 Å². The van der Waals surface area contributed by atoms with Crippen LogP contribution in [0.3, 0.4) is 0 Å². The zero-order valence-corrected chi connectivity index (χ0v) is 9.23. The largest absolute Gasteiger partial charge is 0.497 e. The molecule has 1 aliphatic heterocycles. The molecule has 0 saturated carbocycles. The van der Waals surface area contributed by atoms with Gasteiger partial charge in [-0.15, -0.1) is 0 Å². The molecule has 0 amide bonds. The van der Waals surface area contributed by atoms with Crippen LogP contribution in [0.1, 0.15) is 28.3 Å². The SMILES string of the molecule is COc1ccc2c(c1)[C@@H]1COC[C@@H]1CC2=O. The first-order valence-electron chi connectivity index (χ1n) is 5.58. The second-order valence-electron chi connectivity index (χ2n) is 4.48. The fraction of sp³-hybridized carbons (Fsp3) is 0.462. The van der Waals surface area contributed by atoms with Gasteiger partial charge in [0.2, 0.25) is 0 Å². The monoisotopic (exact) mass is 218 g/mol. The number of hydrogen-bond donors (Lipinski definition) is 0. The molecule has 0 unspecified atom stereocenters. The lowest BCUT2D eigenvalue weighted by atomic mass is 9.76. The minimum atomic E-state index is 0.240. The van der Waals surface area contributed by atoms with Crippen LogP contribution in [0.5, 0.6) is 5.75 Å². The van der Waals surface area contributed by atoms with Gasteiger partial charge in [-0.3, -0.25) is 4.79 Å². The highest BCUT2D eigenvalue weighted by molar-refractivity contribution is 5.99. The van der Waals surface area contributed by atoms with Crippen LogP contribution < -0.4 is 4.74 Å². The maximum atomic E-state index is 11.9. The molecular formula is C13H14O3. The zero-order chi connectivity index (χ0) is 11.1. The average Bonchev–Trinajstić information content (AvgIpc) is 2.76. The standard InChI is InChI=1S/C13H14O3/c1-15-9-2-3-10-11(5-9)12-7-16-6-8(12)4-13(10)14/h2-3,5,8,12H,4,6-7H2,1H3/t8-,12+/m0/s1. The van der Waals surface area contributed by atoms with Crippen LogP contribution in [0.25, 0.3) is 0 Å². The molecular weight excluding hydrogens is 204 g/mol. The molecule has 0 spiro atoms. The van der Waals surface area contributed by atoms with Crippen molar-refractivity contribution in [3.8, 4) is 5.75 Å². The Hall–Kier alpha value is -1.35. The Morgan fingerprint density at radius 2 is 2.25 bits per heavy atom. The third-order valence-corrected chi connectivity index (χ3v) is 3.60. The van der Waals surface area contributed by atoms with Crippen molar-refractivity contribution >= 4 is 5.78 Å². The summed E-state index contributed by atoms with van der Waals surface area (Å²) in [5, 5.41) is 0. The summed E-state index contributed by atoms with van der Waals surface area (Å²) < 4.78 is 10.7. The number of carbonyl (C=O) groups is 1. The van der Waals surface area contributed by atoms with E-state index in [-0.39, 0.29) is 5.78 Å². The Morgan fingerprint density at radius 1 is 1.38 bits per heavy atom. The fourth-order valence-corrected chi connectivity index (χ4v) is 2.72. The van der Waals surface area contributed by atoms with Gasteiger partial charge in [0, 0.05) is 17.9 Å². The maximum Gasteiger partial charge on any atom is 0.163 e. The molecule has 2 aliphatic rings. The van der Waals surface area contributed by atoms with Gasteiger partial charge in [-0.25, -0.2) is 0 Å². The number of ketones is 1. The number of fused-ring (bicyclic) bond motifs is 3. The molecule has 2 atom stereocenters. The summed E-state index contributed by atoms with van der Waals surface area (Å²) in [5.74, 6) is 1.80. The summed E-state index contributed by atoms with van der Waals surface area (Å²) in [4.78, 5) is 11.9. The van der Waals surface area contributed by atoms with Crippen LogP contribution in [0.2, 0.25) is 0 Å². The molecule has 0 aromatic heterocycles. The maximum absolute atomic E-state index is 11.9. The first-order chi connectivity index (χ1) is 7.79. The predicted molar refractivity (Wildman–Crippen MR) is 59.0 cm³/mol. The first kappa shape index (κ1) is 9.85. The van der Waals surface area contributed by atoms with E-state index in [0.29, 0.717) is 24.9 Å². The van der Waals surface area contributed by atoms with E-state index in [1.807, 2.05) is 18.2 Å². The van der Waals surface area contributed by atoms with Crippen molar-refractivity contribution in [2.45, 2.75) is 12.3 Å². The number of benzene rings is 1. The summed E-state index contributed by atoms with van der Waals surface area (Å²) in [6.07, 6.45) is 0.629. The van der Waals surface area contributed by atoms with Gasteiger partial charge in [0.25, 0.3) is 0 Å². The highest BCUT2D eigenvalue weighted by Crippen LogP contribution is 2.41. The van der Waals surface area contributed by atoms with Crippen LogP contribution in [-0.4, -0.2) is 26.1 Å². The van der Waals surface area contributed by atoms with Gasteiger partial charge >= 0.3 is 0 Å². The van der Waals surface area contributed by atoms with Gasteiger partial charge in [0.15, 0.2) is 5.78 Å². The van der Waals surface area contributed by atoms with Crippen molar-refractivity contribution in [2.75, 3.05) is 20.3 Å². The van der Waals surface area contributed by atoms with Crippen molar-refractivity contribution in [3.05, 3.63) is 29.3 Å². The van der Waals surface area contributed by atoms with Crippen molar-refractivity contribution in [1.82, 2.24) is 0 Å². The predicted octanol–water partition coefficient (Wildman–Crippen LogP) is 2.01. The smallest absolute Gasteiger partial charge is 0.163 e. The molecule has 0 N–H and O–H groups in total. The van der Waals surface area contributed by atoms with E-state index in [1.165, 1.54) is 0 Å². The highest BCUT2D eigenvalue weighted by Gasteiger charge is 2.38. The van der Waals surface area contributed by atoms with Crippen LogP contribution in [-0.2, 0) is 4.74 Å². The quantitative estimate of drug-likeness (QED) is 0.723. The lowest BCUT2D eigenvalue weighted by Gasteiger charge is -2.25. The van der Waals surface area contributed by atoms with E-state index in [4.69, 9.17) is 9.47 Å². The Kier molecular flexibility index (Phi) is 2.21. The molecule has 1 aliphatic carbocycles. The van der Waals surface area contributed by atoms with Gasteiger partial charge in [0.1, 0.15) is 5.75 Å². The summed E-state index contributed by atoms with van der Waals surface area (Å²) in [6, 6.07) is 5.72. The minimum Gasteiger partial charge on any atom is -0.497 e. The molecule has 1 fully saturated rings. The van der Waals surface area contributed by atoms with E-state index in [2.05, 4.69) is 0 Å². The number of carbonyl (C=O) groups excluding carboxylic acids is 1. The second kappa shape index (κ2) is 3.59. The number of hydrogen-bond acceptors (Lipinski definition) is 3. The Morgan fingerprint density at radius 3 is 3.06 bits per heavy atom. The topological polar surface area (TPSA) is 35.5 Å². The first-order valence-corrected chi connectivity index (χ1v) is 5.58. The van der Waals surface area contributed by atoms with Crippen molar-refractivity contribution in [2.24, 2.45) is 5.92 Å². The molecule has 0 radical (unpaired) electrons. The van der Waals surface area contributed by atoms with Gasteiger partial charge in [-0.2, -0.15) is 0 Å². The minimum absolute atomic E-state index is 0.240. The summed E-state index contributed by atoms with van der Waals surface area (Å²) in [5.41, 5.74) is 1.96. The van der Waals surface area contributed by atoms with Gasteiger partial charge in [0.05, 0.1) is 20.3 Å². The molecule has 1 heterocycles. The third-order valence-electron chi connectivity index (χ3n) is 3.60. The molecule has 84 valence electrons. The lowest BCUT2D eigenvalue weighted by molar-refractivity contribution is 0.0940. The second-order valence-corrected chi connectivity index (χ2v) is 4.48. The van der Waals surface area contributed by atoms with Gasteiger partial charge in [-0.05, 0) is 29.7 Å². The number of rotatable bonds is 1. The van der Waals surface area contributed by atoms with E-state index < -0.39 is 0 Å². The molecule has 1 aromatic rings. The average molecular weight is 218 g/mol. The summed E-state index contributed by atoms with van der Waals surface area (Å²) >= 11 is 0. The number of Topliss-reactive ketones (excluding diaryl/α,β-unsaturated/α-hetero) is 1. The van der Waals surface area contributed by atoms with E-state index in [9.17, 15) is 4.79 Å². The normalized spacial score (nSPS) is 27.4. The van der Waals surface area contributed by atoms with E-state index >= 15 is 0 Å². The summed E-state index contributed by atoms with van der Waals surface area (Å²) in [7, 11) is 1.65. The third kappa shape index (κ3) is 1.35. The number of methoxy groups -OCH3 is 1. The zero-order valence-electron chi connectivity index (χ0n) is 9.23. The molecule has 0 bridgehead atoms. The van der Waals surface area contributed by atoms with Crippen molar-refractivity contribution < 1.29 is 14.3 Å². The molecule has 3 heteroatoms. The van der Waals surface area contributed by atoms with Crippen LogP contribution in [0, 0.1) is 5.92 Å².